The van der Waals surface area contributed by atoms with Crippen molar-refractivity contribution in [1.82, 2.24) is 4.90 Å². The van der Waals surface area contributed by atoms with E-state index in [-0.39, 0.29) is 11.1 Å². The molecule has 148 valence electrons. The molecule has 1 aliphatic rings. The summed E-state index contributed by atoms with van der Waals surface area (Å²) in [6.45, 7) is 4.41. The fraction of sp³-hybridized carbons (Fsp3) is 0.533. The van der Waals surface area contributed by atoms with Gasteiger partial charge >= 0.3 is 18.3 Å². The van der Waals surface area contributed by atoms with Gasteiger partial charge in [0.2, 0.25) is 0 Å². The summed E-state index contributed by atoms with van der Waals surface area (Å²) < 4.78 is 70.3. The number of aliphatic carboxylic acids is 1. The molecule has 0 aromatic heterocycles. The summed E-state index contributed by atoms with van der Waals surface area (Å²) in [7, 11) is 2.01. The number of likely N-dealkylation sites (N-methyl/N-ethyl adjacent to an activating group) is 1. The fourth-order valence-corrected chi connectivity index (χ4v) is 2.66. The van der Waals surface area contributed by atoms with Gasteiger partial charge in [0, 0.05) is 31.4 Å². The zero-order valence-electron chi connectivity index (χ0n) is 13.8. The standard InChI is InChI=1S/C13H16ClF3N2.C2HF3O2/c1-9-8-18(2)5-6-19(9)10-3-4-12(14)11(7-10)13(15,16)17;3-2(4,5)1(6)7/h3-4,7,9H,5-6,8H2,1-2H3;(H,6,7)/t9-;/m0./s1. The number of piperazine rings is 1. The Morgan fingerprint density at radius 1 is 1.19 bits per heavy atom. The Morgan fingerprint density at radius 3 is 2.15 bits per heavy atom. The van der Waals surface area contributed by atoms with Crippen molar-refractivity contribution in [2.45, 2.75) is 25.3 Å². The van der Waals surface area contributed by atoms with Crippen molar-refractivity contribution in [3.63, 3.8) is 0 Å². The Kier molecular flexibility index (Phi) is 7.17. The second-order valence-corrected chi connectivity index (χ2v) is 6.18. The third-order valence-electron chi connectivity index (χ3n) is 3.66. The highest BCUT2D eigenvalue weighted by molar-refractivity contribution is 6.31. The highest BCUT2D eigenvalue weighted by Gasteiger charge is 2.38. The smallest absolute Gasteiger partial charge is 0.475 e. The highest BCUT2D eigenvalue weighted by Crippen LogP contribution is 2.37. The van der Waals surface area contributed by atoms with E-state index in [4.69, 9.17) is 21.5 Å². The number of benzene rings is 1. The van der Waals surface area contributed by atoms with Crippen LogP contribution >= 0.6 is 11.6 Å². The monoisotopic (exact) mass is 406 g/mol. The maximum absolute atomic E-state index is 12.8. The molecule has 0 amide bonds. The number of hydrogen-bond donors (Lipinski definition) is 1. The van der Waals surface area contributed by atoms with Gasteiger partial charge in [-0.15, -0.1) is 0 Å². The van der Waals surface area contributed by atoms with Crippen LogP contribution in [0.15, 0.2) is 18.2 Å². The van der Waals surface area contributed by atoms with E-state index < -0.39 is 23.9 Å². The lowest BCUT2D eigenvalue weighted by Crippen LogP contribution is -2.50. The number of carboxylic acids is 1. The Hall–Kier alpha value is -1.68. The largest absolute Gasteiger partial charge is 0.490 e. The van der Waals surface area contributed by atoms with E-state index in [9.17, 15) is 26.3 Å². The quantitative estimate of drug-likeness (QED) is 0.712. The van der Waals surface area contributed by atoms with Crippen LogP contribution in [0.5, 0.6) is 0 Å². The number of anilines is 1. The first-order valence-electron chi connectivity index (χ1n) is 7.35. The summed E-state index contributed by atoms with van der Waals surface area (Å²) in [5.74, 6) is -2.76. The second-order valence-electron chi connectivity index (χ2n) is 5.77. The van der Waals surface area contributed by atoms with Crippen LogP contribution in [-0.2, 0) is 11.0 Å². The molecule has 1 aromatic rings. The lowest BCUT2D eigenvalue weighted by molar-refractivity contribution is -0.192. The molecule has 0 radical (unpaired) electrons. The van der Waals surface area contributed by atoms with Gasteiger partial charge in [-0.3, -0.25) is 0 Å². The molecule has 1 fully saturated rings. The van der Waals surface area contributed by atoms with Gasteiger partial charge in [-0.1, -0.05) is 11.6 Å². The summed E-state index contributed by atoms with van der Waals surface area (Å²) in [6, 6.07) is 4.30. The molecule has 4 nitrogen and oxygen atoms in total. The van der Waals surface area contributed by atoms with Crippen LogP contribution in [0.3, 0.4) is 0 Å². The Bertz CT molecular complexity index is 636. The molecule has 1 aliphatic heterocycles. The summed E-state index contributed by atoms with van der Waals surface area (Å²) in [5.41, 5.74) is -0.185. The average Bonchev–Trinajstić information content (AvgIpc) is 2.46. The summed E-state index contributed by atoms with van der Waals surface area (Å²) >= 11 is 5.63. The van der Waals surface area contributed by atoms with Gasteiger partial charge in [-0.2, -0.15) is 26.3 Å². The summed E-state index contributed by atoms with van der Waals surface area (Å²) in [4.78, 5) is 13.1. The van der Waals surface area contributed by atoms with Crippen molar-refractivity contribution in [2.75, 3.05) is 31.6 Å². The molecular weight excluding hydrogens is 390 g/mol. The van der Waals surface area contributed by atoms with Crippen molar-refractivity contribution in [2.24, 2.45) is 0 Å². The van der Waals surface area contributed by atoms with Crippen LogP contribution < -0.4 is 4.90 Å². The maximum atomic E-state index is 12.8. The van der Waals surface area contributed by atoms with Crippen molar-refractivity contribution >= 4 is 23.3 Å². The number of carbonyl (C=O) groups is 1. The minimum absolute atomic E-state index is 0.181. The van der Waals surface area contributed by atoms with Gasteiger partial charge in [-0.25, -0.2) is 4.79 Å². The molecule has 1 aromatic carbocycles. The van der Waals surface area contributed by atoms with Crippen LogP contribution in [0.2, 0.25) is 5.02 Å². The molecule has 26 heavy (non-hydrogen) atoms. The average molecular weight is 407 g/mol. The zero-order valence-corrected chi connectivity index (χ0v) is 14.6. The van der Waals surface area contributed by atoms with E-state index >= 15 is 0 Å². The third kappa shape index (κ3) is 6.24. The molecule has 0 saturated carbocycles. The SMILES string of the molecule is C[C@H]1CN(C)CCN1c1ccc(Cl)c(C(F)(F)F)c1.O=C(O)C(F)(F)F. The molecule has 0 aliphatic carbocycles. The maximum Gasteiger partial charge on any atom is 0.490 e. The van der Waals surface area contributed by atoms with E-state index in [1.54, 1.807) is 6.07 Å². The van der Waals surface area contributed by atoms with E-state index in [1.165, 1.54) is 6.07 Å². The van der Waals surface area contributed by atoms with Crippen molar-refractivity contribution < 1.29 is 36.2 Å². The topological polar surface area (TPSA) is 43.8 Å². The third-order valence-corrected chi connectivity index (χ3v) is 3.99. The van der Waals surface area contributed by atoms with Crippen LogP contribution in [0.25, 0.3) is 0 Å². The van der Waals surface area contributed by atoms with Gasteiger partial charge in [0.05, 0.1) is 10.6 Å². The number of rotatable bonds is 1. The Labute approximate surface area is 150 Å². The Balaban J connectivity index is 0.000000412. The van der Waals surface area contributed by atoms with Gasteiger partial charge in [0.15, 0.2) is 0 Å². The molecule has 11 heteroatoms. The van der Waals surface area contributed by atoms with Gasteiger partial charge in [-0.05, 0) is 32.2 Å². The molecule has 1 N–H and O–H groups in total. The minimum atomic E-state index is -5.08. The lowest BCUT2D eigenvalue weighted by Gasteiger charge is -2.40. The molecule has 2 rings (SSSR count). The second kappa shape index (κ2) is 8.34. The number of halogens is 7. The van der Waals surface area contributed by atoms with E-state index in [2.05, 4.69) is 4.90 Å². The van der Waals surface area contributed by atoms with Crippen molar-refractivity contribution in [3.8, 4) is 0 Å². The Morgan fingerprint density at radius 2 is 1.73 bits per heavy atom. The summed E-state index contributed by atoms with van der Waals surface area (Å²) in [5, 5.41) is 6.87. The van der Waals surface area contributed by atoms with Gasteiger partial charge in [0.25, 0.3) is 0 Å². The molecule has 1 atom stereocenters. The van der Waals surface area contributed by atoms with E-state index in [0.29, 0.717) is 5.69 Å². The predicted molar refractivity (Wildman–Crippen MR) is 84.4 cm³/mol. The first-order valence-corrected chi connectivity index (χ1v) is 7.73. The predicted octanol–water partition coefficient (Wildman–Crippen LogP) is 4.13. The zero-order chi connectivity index (χ0) is 20.3. The van der Waals surface area contributed by atoms with Gasteiger partial charge < -0.3 is 14.9 Å². The molecule has 0 bridgehead atoms. The van der Waals surface area contributed by atoms with Crippen LogP contribution in [0.4, 0.5) is 32.0 Å². The summed E-state index contributed by atoms with van der Waals surface area (Å²) in [6.07, 6.45) is -9.50. The van der Waals surface area contributed by atoms with E-state index in [0.717, 1.165) is 25.7 Å². The highest BCUT2D eigenvalue weighted by atomic mass is 35.5. The molecular formula is C15H17ClF6N2O2. The number of nitrogens with zero attached hydrogens (tertiary/aromatic N) is 2. The molecule has 0 spiro atoms. The van der Waals surface area contributed by atoms with Gasteiger partial charge in [0.1, 0.15) is 0 Å². The number of hydrogen-bond acceptors (Lipinski definition) is 3. The van der Waals surface area contributed by atoms with Crippen LogP contribution in [-0.4, -0.2) is 54.9 Å². The lowest BCUT2D eigenvalue weighted by atomic mass is 10.1. The number of carboxylic acid groups (broad SMARTS) is 1. The molecule has 1 saturated heterocycles. The number of alkyl halides is 6. The van der Waals surface area contributed by atoms with E-state index in [1.807, 2.05) is 18.9 Å². The molecule has 0 unspecified atom stereocenters. The minimum Gasteiger partial charge on any atom is -0.475 e. The normalized spacial score (nSPS) is 19.0. The first kappa shape index (κ1) is 22.4. The first-order chi connectivity index (χ1) is 11.7. The van der Waals surface area contributed by atoms with Crippen LogP contribution in [0.1, 0.15) is 12.5 Å². The molecule has 1 heterocycles. The van der Waals surface area contributed by atoms with Crippen LogP contribution in [0, 0.1) is 0 Å². The van der Waals surface area contributed by atoms with Crippen molar-refractivity contribution in [3.05, 3.63) is 28.8 Å². The van der Waals surface area contributed by atoms with Crippen molar-refractivity contribution in [1.29, 1.82) is 0 Å². The fourth-order valence-electron chi connectivity index (χ4n) is 2.43.